The number of amides is 3. The SMILES string of the molecule is CCCN(CCC)CCCC1CCN(CCNC(=O)N2c3cc(Cl)ccc3C(=O)Nc3cccnc32)CC1. The number of fused-ring (bicyclic) bond motifs is 2. The first-order valence-corrected chi connectivity index (χ1v) is 14.5. The molecule has 0 radical (unpaired) electrons. The predicted molar refractivity (Wildman–Crippen MR) is 155 cm³/mol. The van der Waals surface area contributed by atoms with Crippen LogP contribution in [0.5, 0.6) is 0 Å². The second-order valence-electron chi connectivity index (χ2n) is 10.3. The van der Waals surface area contributed by atoms with Crippen molar-refractivity contribution in [2.75, 3.05) is 56.0 Å². The minimum Gasteiger partial charge on any atom is -0.336 e. The van der Waals surface area contributed by atoms with Crippen LogP contribution in [0.2, 0.25) is 5.02 Å². The van der Waals surface area contributed by atoms with Gasteiger partial charge in [-0.3, -0.25) is 4.79 Å². The summed E-state index contributed by atoms with van der Waals surface area (Å²) in [5.74, 6) is 0.876. The minimum absolute atomic E-state index is 0.299. The van der Waals surface area contributed by atoms with Gasteiger partial charge in [0, 0.05) is 24.3 Å². The Hall–Kier alpha value is -2.68. The number of hydrogen-bond acceptors (Lipinski definition) is 5. The lowest BCUT2D eigenvalue weighted by Crippen LogP contribution is -2.43. The molecule has 3 heterocycles. The molecule has 2 aromatic rings. The molecule has 1 aromatic carbocycles. The Balaban J connectivity index is 1.28. The standard InChI is InChI=1S/C29H41ClN6O2/c1-3-15-34(16-4-2)17-6-7-22-11-18-35(19-12-22)20-14-32-29(38)36-26-21-23(30)9-10-24(26)28(37)33-25-8-5-13-31-27(25)36/h5,8-10,13,21-22H,3-4,6-7,11-12,14-20H2,1-2H3,(H,32,38)(H,33,37). The van der Waals surface area contributed by atoms with Crippen LogP contribution in [0.1, 0.15) is 62.7 Å². The molecule has 38 heavy (non-hydrogen) atoms. The first kappa shape index (κ1) is 28.3. The molecule has 2 aliphatic heterocycles. The van der Waals surface area contributed by atoms with Gasteiger partial charge in [-0.25, -0.2) is 14.7 Å². The molecule has 1 fully saturated rings. The molecule has 0 aliphatic carbocycles. The van der Waals surface area contributed by atoms with Crippen LogP contribution in [0.15, 0.2) is 36.5 Å². The molecule has 0 bridgehead atoms. The third kappa shape index (κ3) is 7.24. The molecule has 3 amide bonds. The minimum atomic E-state index is -0.330. The molecule has 4 rings (SSSR count). The number of likely N-dealkylation sites (tertiary alicyclic amines) is 1. The number of anilines is 3. The third-order valence-corrected chi connectivity index (χ3v) is 7.71. The summed E-state index contributed by atoms with van der Waals surface area (Å²) in [5.41, 5.74) is 1.27. The molecule has 0 spiro atoms. The second kappa shape index (κ2) is 13.9. The van der Waals surface area contributed by atoms with E-state index in [0.29, 0.717) is 34.3 Å². The van der Waals surface area contributed by atoms with E-state index in [1.54, 1.807) is 36.5 Å². The molecular weight excluding hydrogens is 500 g/mol. The largest absolute Gasteiger partial charge is 0.336 e. The number of nitrogens with zero attached hydrogens (tertiary/aromatic N) is 4. The van der Waals surface area contributed by atoms with Crippen LogP contribution in [0, 0.1) is 5.92 Å². The summed E-state index contributed by atoms with van der Waals surface area (Å²) in [6.07, 6.45) is 9.10. The van der Waals surface area contributed by atoms with Gasteiger partial charge < -0.3 is 20.4 Å². The molecule has 8 nitrogen and oxygen atoms in total. The number of carbonyl (C=O) groups excluding carboxylic acids is 2. The van der Waals surface area contributed by atoms with Crippen LogP contribution in [0.4, 0.5) is 22.0 Å². The van der Waals surface area contributed by atoms with Gasteiger partial charge in [0.25, 0.3) is 5.91 Å². The van der Waals surface area contributed by atoms with Crippen LogP contribution in [-0.2, 0) is 0 Å². The lowest BCUT2D eigenvalue weighted by Gasteiger charge is -2.32. The molecule has 0 unspecified atom stereocenters. The topological polar surface area (TPSA) is 80.8 Å². The zero-order valence-corrected chi connectivity index (χ0v) is 23.5. The molecular formula is C29H41ClN6O2. The Kier molecular flexibility index (Phi) is 10.4. The number of benzene rings is 1. The van der Waals surface area contributed by atoms with Crippen molar-refractivity contribution in [2.45, 2.75) is 52.4 Å². The first-order chi connectivity index (χ1) is 18.5. The molecule has 206 valence electrons. The fourth-order valence-corrected chi connectivity index (χ4v) is 5.70. The van der Waals surface area contributed by atoms with E-state index < -0.39 is 0 Å². The molecule has 1 saturated heterocycles. The number of nitrogens with one attached hydrogen (secondary N) is 2. The van der Waals surface area contributed by atoms with E-state index >= 15 is 0 Å². The second-order valence-corrected chi connectivity index (χ2v) is 10.8. The molecule has 0 saturated carbocycles. The first-order valence-electron chi connectivity index (χ1n) is 14.1. The normalized spacial score (nSPS) is 16.1. The van der Waals surface area contributed by atoms with Crippen molar-refractivity contribution in [3.05, 3.63) is 47.1 Å². The average molecular weight is 541 g/mol. The highest BCUT2D eigenvalue weighted by Crippen LogP contribution is 2.37. The van der Waals surface area contributed by atoms with E-state index in [2.05, 4.69) is 39.3 Å². The summed E-state index contributed by atoms with van der Waals surface area (Å²) in [5, 5.41) is 6.34. The van der Waals surface area contributed by atoms with Crippen molar-refractivity contribution in [3.63, 3.8) is 0 Å². The summed E-state index contributed by atoms with van der Waals surface area (Å²) in [7, 11) is 0. The highest BCUT2D eigenvalue weighted by atomic mass is 35.5. The van der Waals surface area contributed by atoms with Crippen molar-refractivity contribution < 1.29 is 9.59 Å². The van der Waals surface area contributed by atoms with Crippen LogP contribution >= 0.6 is 11.6 Å². The number of pyridine rings is 1. The highest BCUT2D eigenvalue weighted by Gasteiger charge is 2.30. The number of halogens is 1. The molecule has 2 aliphatic rings. The monoisotopic (exact) mass is 540 g/mol. The number of carbonyl (C=O) groups is 2. The average Bonchev–Trinajstić information content (AvgIpc) is 3.03. The Labute approximate surface area is 231 Å². The number of aromatic nitrogens is 1. The summed E-state index contributed by atoms with van der Waals surface area (Å²) in [6, 6.07) is 8.05. The molecule has 0 atom stereocenters. The summed E-state index contributed by atoms with van der Waals surface area (Å²) >= 11 is 6.25. The maximum absolute atomic E-state index is 13.4. The van der Waals surface area contributed by atoms with Gasteiger partial charge in [0.2, 0.25) is 0 Å². The molecule has 1 aromatic heterocycles. The van der Waals surface area contributed by atoms with E-state index in [1.807, 2.05) is 0 Å². The van der Waals surface area contributed by atoms with Gasteiger partial charge >= 0.3 is 6.03 Å². The van der Waals surface area contributed by atoms with Gasteiger partial charge in [0.05, 0.1) is 16.9 Å². The van der Waals surface area contributed by atoms with Gasteiger partial charge in [0.15, 0.2) is 5.82 Å². The van der Waals surface area contributed by atoms with Crippen molar-refractivity contribution in [1.82, 2.24) is 20.1 Å². The number of piperidine rings is 1. The Bertz CT molecular complexity index is 1080. The van der Waals surface area contributed by atoms with Gasteiger partial charge in [0.1, 0.15) is 0 Å². The summed E-state index contributed by atoms with van der Waals surface area (Å²) in [4.78, 5) is 37.1. The summed E-state index contributed by atoms with van der Waals surface area (Å²) in [6.45, 7) is 11.6. The maximum atomic E-state index is 13.4. The zero-order valence-electron chi connectivity index (χ0n) is 22.7. The zero-order chi connectivity index (χ0) is 26.9. The van der Waals surface area contributed by atoms with E-state index in [9.17, 15) is 9.59 Å². The van der Waals surface area contributed by atoms with E-state index in [1.165, 1.54) is 63.1 Å². The lowest BCUT2D eigenvalue weighted by atomic mass is 9.92. The predicted octanol–water partition coefficient (Wildman–Crippen LogP) is 5.76. The highest BCUT2D eigenvalue weighted by molar-refractivity contribution is 6.31. The van der Waals surface area contributed by atoms with Crippen molar-refractivity contribution in [3.8, 4) is 0 Å². The van der Waals surface area contributed by atoms with Crippen LogP contribution < -0.4 is 15.5 Å². The number of rotatable bonds is 11. The van der Waals surface area contributed by atoms with Crippen molar-refractivity contribution in [1.29, 1.82) is 0 Å². The number of urea groups is 1. The van der Waals surface area contributed by atoms with Gasteiger partial charge in [-0.2, -0.15) is 0 Å². The maximum Gasteiger partial charge on any atom is 0.327 e. The van der Waals surface area contributed by atoms with Gasteiger partial charge in [-0.05, 0) is 107 Å². The Morgan fingerprint density at radius 2 is 1.92 bits per heavy atom. The third-order valence-electron chi connectivity index (χ3n) is 7.47. The van der Waals surface area contributed by atoms with E-state index in [0.717, 1.165) is 25.6 Å². The fourth-order valence-electron chi connectivity index (χ4n) is 5.53. The molecule has 9 heteroatoms. The van der Waals surface area contributed by atoms with Crippen molar-refractivity contribution in [2.24, 2.45) is 5.92 Å². The fraction of sp³-hybridized carbons (Fsp3) is 0.552. The van der Waals surface area contributed by atoms with Crippen LogP contribution in [-0.4, -0.2) is 72.5 Å². The lowest BCUT2D eigenvalue weighted by molar-refractivity contribution is 0.102. The summed E-state index contributed by atoms with van der Waals surface area (Å²) < 4.78 is 0. The Morgan fingerprint density at radius 3 is 2.66 bits per heavy atom. The van der Waals surface area contributed by atoms with Crippen LogP contribution in [0.25, 0.3) is 0 Å². The quantitative estimate of drug-likeness (QED) is 0.378. The smallest absolute Gasteiger partial charge is 0.327 e. The van der Waals surface area contributed by atoms with Gasteiger partial charge in [-0.15, -0.1) is 0 Å². The van der Waals surface area contributed by atoms with E-state index in [4.69, 9.17) is 11.6 Å². The Morgan fingerprint density at radius 1 is 1.16 bits per heavy atom. The number of hydrogen-bond donors (Lipinski definition) is 2. The van der Waals surface area contributed by atoms with E-state index in [-0.39, 0.29) is 11.9 Å². The van der Waals surface area contributed by atoms with Crippen LogP contribution in [0.3, 0.4) is 0 Å². The van der Waals surface area contributed by atoms with Crippen molar-refractivity contribution >= 4 is 40.7 Å². The van der Waals surface area contributed by atoms with Gasteiger partial charge in [-0.1, -0.05) is 25.4 Å². The molecule has 2 N–H and O–H groups in total.